The molecule has 0 atom stereocenters. The van der Waals surface area contributed by atoms with Gasteiger partial charge in [0.1, 0.15) is 0 Å². The lowest BCUT2D eigenvalue weighted by molar-refractivity contribution is 0.0443. The Labute approximate surface area is 159 Å². The molecule has 1 aromatic rings. The van der Waals surface area contributed by atoms with Crippen LogP contribution >= 0.6 is 0 Å². The van der Waals surface area contributed by atoms with Gasteiger partial charge >= 0.3 is 0 Å². The summed E-state index contributed by atoms with van der Waals surface area (Å²) in [6.45, 7) is 19.2. The van der Waals surface area contributed by atoms with Crippen molar-refractivity contribution >= 4 is 0 Å². The lowest BCUT2D eigenvalue weighted by atomic mass is 9.97. The van der Waals surface area contributed by atoms with Gasteiger partial charge in [0, 0.05) is 31.6 Å². The van der Waals surface area contributed by atoms with E-state index in [0.717, 1.165) is 38.3 Å². The summed E-state index contributed by atoms with van der Waals surface area (Å²) in [7, 11) is 0. The van der Waals surface area contributed by atoms with Gasteiger partial charge in [-0.1, -0.05) is 26.0 Å². The number of hydrogen-bond donors (Lipinski definition) is 2. The molecule has 1 rings (SSSR count). The zero-order valence-corrected chi connectivity index (χ0v) is 17.6. The average Bonchev–Trinajstić information content (AvgIpc) is 2.94. The van der Waals surface area contributed by atoms with Crippen LogP contribution in [0.25, 0.3) is 0 Å². The van der Waals surface area contributed by atoms with Gasteiger partial charge < -0.3 is 20.1 Å². The third-order valence-corrected chi connectivity index (χ3v) is 3.63. The second-order valence-corrected chi connectivity index (χ2v) is 8.84. The summed E-state index contributed by atoms with van der Waals surface area (Å²) in [5, 5.41) is 15.0. The van der Waals surface area contributed by atoms with Crippen molar-refractivity contribution in [2.45, 2.75) is 60.0 Å². The van der Waals surface area contributed by atoms with Crippen LogP contribution in [-0.4, -0.2) is 66.6 Å². The summed E-state index contributed by atoms with van der Waals surface area (Å²) in [5.41, 5.74) is 1.57. The monoisotopic (exact) mass is 369 g/mol. The number of ether oxygens (including phenoxy) is 2. The van der Waals surface area contributed by atoms with Crippen LogP contribution in [-0.2, 0) is 22.4 Å². The molecule has 26 heavy (non-hydrogen) atoms. The number of hydrogen-bond acceptors (Lipinski definition) is 6. The fourth-order valence-corrected chi connectivity index (χ4v) is 2.31. The SMILES string of the molecule is CC(C)(C)CNCCOCCOCCn1nncc1CCNC(C)(C)C. The molecule has 0 saturated carbocycles. The fourth-order valence-electron chi connectivity index (χ4n) is 2.31. The van der Waals surface area contributed by atoms with E-state index in [2.05, 4.69) is 62.5 Å². The standard InChI is InChI=1S/C19H39N5O2/c1-18(2,3)16-20-9-11-25-13-14-26-12-10-24-17(15-22-23-24)7-8-21-19(4,5)6/h15,20-21H,7-14,16H2,1-6H3. The lowest BCUT2D eigenvalue weighted by Crippen LogP contribution is -2.37. The van der Waals surface area contributed by atoms with Crippen LogP contribution < -0.4 is 10.6 Å². The van der Waals surface area contributed by atoms with Gasteiger partial charge in [-0.05, 0) is 26.2 Å². The van der Waals surface area contributed by atoms with Crippen LogP contribution in [0.5, 0.6) is 0 Å². The largest absolute Gasteiger partial charge is 0.378 e. The Bertz CT molecular complexity index is 477. The van der Waals surface area contributed by atoms with E-state index in [-0.39, 0.29) is 5.54 Å². The summed E-state index contributed by atoms with van der Waals surface area (Å²) < 4.78 is 13.1. The minimum absolute atomic E-state index is 0.129. The van der Waals surface area contributed by atoms with Gasteiger partial charge in [0.05, 0.1) is 44.9 Å². The Morgan fingerprint density at radius 2 is 1.65 bits per heavy atom. The van der Waals surface area contributed by atoms with Crippen molar-refractivity contribution in [2.75, 3.05) is 46.1 Å². The molecule has 0 unspecified atom stereocenters. The molecule has 0 saturated heterocycles. The van der Waals surface area contributed by atoms with Crippen molar-refractivity contribution in [3.05, 3.63) is 11.9 Å². The van der Waals surface area contributed by atoms with E-state index in [1.165, 1.54) is 0 Å². The normalized spacial score (nSPS) is 12.7. The summed E-state index contributed by atoms with van der Waals surface area (Å²) >= 11 is 0. The molecular weight excluding hydrogens is 330 g/mol. The van der Waals surface area contributed by atoms with E-state index in [4.69, 9.17) is 9.47 Å². The van der Waals surface area contributed by atoms with Gasteiger partial charge in [0.15, 0.2) is 0 Å². The smallest absolute Gasteiger partial charge is 0.0725 e. The molecule has 152 valence electrons. The molecule has 0 fully saturated rings. The summed E-state index contributed by atoms with van der Waals surface area (Å²) in [5.74, 6) is 0. The van der Waals surface area contributed by atoms with Crippen molar-refractivity contribution in [1.29, 1.82) is 0 Å². The van der Waals surface area contributed by atoms with Crippen LogP contribution in [0.15, 0.2) is 6.20 Å². The Morgan fingerprint density at radius 1 is 0.962 bits per heavy atom. The van der Waals surface area contributed by atoms with Crippen molar-refractivity contribution in [1.82, 2.24) is 25.6 Å². The summed E-state index contributed by atoms with van der Waals surface area (Å²) in [6.07, 6.45) is 2.74. The van der Waals surface area contributed by atoms with E-state index in [9.17, 15) is 0 Å². The van der Waals surface area contributed by atoms with Crippen LogP contribution in [0.2, 0.25) is 0 Å². The van der Waals surface area contributed by atoms with E-state index < -0.39 is 0 Å². The Hall–Kier alpha value is -1.02. The molecule has 0 aliphatic heterocycles. The van der Waals surface area contributed by atoms with E-state index >= 15 is 0 Å². The zero-order valence-electron chi connectivity index (χ0n) is 17.6. The van der Waals surface area contributed by atoms with E-state index in [0.29, 0.717) is 31.8 Å². The Balaban J connectivity index is 2.02. The average molecular weight is 370 g/mol. The highest BCUT2D eigenvalue weighted by atomic mass is 16.5. The predicted molar refractivity (Wildman–Crippen MR) is 105 cm³/mol. The fraction of sp³-hybridized carbons (Fsp3) is 0.895. The maximum absolute atomic E-state index is 5.63. The second-order valence-electron chi connectivity index (χ2n) is 8.84. The van der Waals surface area contributed by atoms with Gasteiger partial charge in [0.25, 0.3) is 0 Å². The molecular formula is C19H39N5O2. The first-order valence-corrected chi connectivity index (χ1v) is 9.66. The van der Waals surface area contributed by atoms with Crippen molar-refractivity contribution in [2.24, 2.45) is 5.41 Å². The van der Waals surface area contributed by atoms with Gasteiger partial charge in [-0.25, -0.2) is 4.68 Å². The number of rotatable bonds is 13. The molecule has 0 amide bonds. The molecule has 0 aliphatic carbocycles. The Morgan fingerprint density at radius 3 is 2.31 bits per heavy atom. The molecule has 0 radical (unpaired) electrons. The van der Waals surface area contributed by atoms with Crippen molar-refractivity contribution < 1.29 is 9.47 Å². The van der Waals surface area contributed by atoms with Crippen LogP contribution in [0.1, 0.15) is 47.2 Å². The number of nitrogens with zero attached hydrogens (tertiary/aromatic N) is 3. The molecule has 1 heterocycles. The highest BCUT2D eigenvalue weighted by molar-refractivity contribution is 4.95. The number of aromatic nitrogens is 3. The third-order valence-electron chi connectivity index (χ3n) is 3.63. The molecule has 2 N–H and O–H groups in total. The third kappa shape index (κ3) is 12.4. The summed E-state index contributed by atoms with van der Waals surface area (Å²) in [4.78, 5) is 0. The van der Waals surface area contributed by atoms with Gasteiger partial charge in [-0.3, -0.25) is 0 Å². The maximum Gasteiger partial charge on any atom is 0.0725 e. The first-order valence-electron chi connectivity index (χ1n) is 9.66. The van der Waals surface area contributed by atoms with E-state index in [1.807, 2.05) is 10.9 Å². The van der Waals surface area contributed by atoms with Crippen LogP contribution in [0, 0.1) is 5.41 Å². The molecule has 0 aromatic carbocycles. The highest BCUT2D eigenvalue weighted by Crippen LogP contribution is 2.09. The Kier molecular flexibility index (Phi) is 10.3. The minimum Gasteiger partial charge on any atom is -0.378 e. The maximum atomic E-state index is 5.63. The quantitative estimate of drug-likeness (QED) is 0.517. The van der Waals surface area contributed by atoms with Crippen LogP contribution in [0.3, 0.4) is 0 Å². The van der Waals surface area contributed by atoms with E-state index in [1.54, 1.807) is 0 Å². The number of nitrogens with one attached hydrogen (secondary N) is 2. The van der Waals surface area contributed by atoms with Gasteiger partial charge in [0.2, 0.25) is 0 Å². The second kappa shape index (κ2) is 11.6. The molecule has 7 heteroatoms. The first-order chi connectivity index (χ1) is 12.2. The molecule has 0 spiro atoms. The van der Waals surface area contributed by atoms with Crippen LogP contribution in [0.4, 0.5) is 0 Å². The zero-order chi connectivity index (χ0) is 19.5. The molecule has 0 aliphatic rings. The topological polar surface area (TPSA) is 73.2 Å². The predicted octanol–water partition coefficient (Wildman–Crippen LogP) is 1.88. The molecule has 7 nitrogen and oxygen atoms in total. The van der Waals surface area contributed by atoms with Crippen molar-refractivity contribution in [3.63, 3.8) is 0 Å². The molecule has 0 bridgehead atoms. The minimum atomic E-state index is 0.129. The van der Waals surface area contributed by atoms with Crippen molar-refractivity contribution in [3.8, 4) is 0 Å². The highest BCUT2D eigenvalue weighted by Gasteiger charge is 2.10. The van der Waals surface area contributed by atoms with Gasteiger partial charge in [-0.2, -0.15) is 0 Å². The first kappa shape index (κ1) is 23.0. The summed E-state index contributed by atoms with van der Waals surface area (Å²) in [6, 6.07) is 0. The lowest BCUT2D eigenvalue weighted by Gasteiger charge is -2.20. The molecule has 1 aromatic heterocycles. The van der Waals surface area contributed by atoms with Gasteiger partial charge in [-0.15, -0.1) is 5.10 Å².